The van der Waals surface area contributed by atoms with Crippen molar-refractivity contribution in [2.75, 3.05) is 6.61 Å². The molecule has 0 aromatic rings. The molecule has 0 amide bonds. The molecule has 4 aliphatic rings. The van der Waals surface area contributed by atoms with E-state index in [0.717, 1.165) is 12.8 Å². The highest BCUT2D eigenvalue weighted by Crippen LogP contribution is 2.70. The molecule has 0 bridgehead atoms. The highest BCUT2D eigenvalue weighted by atomic mass is 16.6. The molecule has 12 atom stereocenters. The van der Waals surface area contributed by atoms with Gasteiger partial charge >= 0.3 is 11.9 Å². The Hall–Kier alpha value is -1.78. The van der Waals surface area contributed by atoms with Crippen molar-refractivity contribution in [3.63, 3.8) is 0 Å². The largest absolute Gasteiger partial charge is 0.465 e. The number of aliphatic hydroxyl groups is 5. The monoisotopic (exact) mass is 592 g/mol. The summed E-state index contributed by atoms with van der Waals surface area (Å²) in [5, 5.41) is 57.6. The van der Waals surface area contributed by atoms with Crippen LogP contribution in [-0.2, 0) is 19.1 Å². The molecule has 0 aromatic carbocycles. The molecule has 9 heteroatoms. The van der Waals surface area contributed by atoms with Gasteiger partial charge in [-0.3, -0.25) is 9.59 Å². The number of allylic oxidation sites excluding steroid dienone is 2. The summed E-state index contributed by atoms with van der Waals surface area (Å²) in [5.41, 5.74) is -5.82. The molecule has 0 radical (unpaired) electrons. The fourth-order valence-electron chi connectivity index (χ4n) is 9.53. The first-order valence-corrected chi connectivity index (χ1v) is 15.7. The van der Waals surface area contributed by atoms with Gasteiger partial charge in [0.25, 0.3) is 0 Å². The molecule has 42 heavy (non-hydrogen) atoms. The van der Waals surface area contributed by atoms with Crippen molar-refractivity contribution in [3.05, 3.63) is 23.8 Å². The zero-order chi connectivity index (χ0) is 31.4. The standard InChI is InChI=1S/C33H52O9/c1-8-22(18(2)3)10-9-19(4)23-11-12-24-25-13-28(38)32(40)15-27(37)26(36)14-31(32,17-41-20(5)34)33(25,42-21(6)35)29(39)16-30(23,24)7/h9-10,13,18-19,22-24,26-29,36-40H,8,11-12,14-17H2,1-7H3/b10-9+/t19-,22-,23-,24+,26-,27-,28-,29-,30-,31-,32+,33+/m1/s1. The van der Waals surface area contributed by atoms with Gasteiger partial charge in [-0.1, -0.05) is 46.8 Å². The van der Waals surface area contributed by atoms with Crippen molar-refractivity contribution in [3.8, 4) is 0 Å². The van der Waals surface area contributed by atoms with E-state index in [2.05, 4.69) is 46.8 Å². The van der Waals surface area contributed by atoms with Crippen molar-refractivity contribution >= 4 is 11.9 Å². The van der Waals surface area contributed by atoms with Gasteiger partial charge in [0.2, 0.25) is 0 Å². The predicted molar refractivity (Wildman–Crippen MR) is 156 cm³/mol. The summed E-state index contributed by atoms with van der Waals surface area (Å²) in [7, 11) is 0. The van der Waals surface area contributed by atoms with Crippen LogP contribution in [0.3, 0.4) is 0 Å². The van der Waals surface area contributed by atoms with E-state index in [1.54, 1.807) is 0 Å². The smallest absolute Gasteiger partial charge is 0.303 e. The summed E-state index contributed by atoms with van der Waals surface area (Å²) < 4.78 is 11.6. The van der Waals surface area contributed by atoms with Crippen molar-refractivity contribution in [1.29, 1.82) is 0 Å². The molecule has 0 heterocycles. The SMILES string of the molecule is CC[C@H](/C=C/[C@@H](C)[C@H]1CC[C@H]2C3=C[C@@H](O)[C@@]4(O)C[C@@H](O)[C@H](O)C[C@]4(COC(C)=O)[C@@]3(OC(C)=O)[C@H](O)C[C@]12C)C(C)C. The molecule has 3 fully saturated rings. The van der Waals surface area contributed by atoms with Crippen LogP contribution in [0.4, 0.5) is 0 Å². The van der Waals surface area contributed by atoms with Crippen LogP contribution in [-0.4, -0.2) is 79.7 Å². The van der Waals surface area contributed by atoms with E-state index in [-0.39, 0.29) is 30.6 Å². The Bertz CT molecular complexity index is 1100. The van der Waals surface area contributed by atoms with Crippen LogP contribution in [0.2, 0.25) is 0 Å². The van der Waals surface area contributed by atoms with E-state index in [0.29, 0.717) is 23.8 Å². The lowest BCUT2D eigenvalue weighted by Crippen LogP contribution is -2.80. The van der Waals surface area contributed by atoms with Gasteiger partial charge in [0, 0.05) is 20.3 Å². The second kappa shape index (κ2) is 11.6. The van der Waals surface area contributed by atoms with Crippen molar-refractivity contribution in [2.24, 2.45) is 40.4 Å². The van der Waals surface area contributed by atoms with E-state index in [9.17, 15) is 35.1 Å². The minimum Gasteiger partial charge on any atom is -0.465 e. The van der Waals surface area contributed by atoms with Crippen molar-refractivity contribution in [2.45, 2.75) is 123 Å². The van der Waals surface area contributed by atoms with E-state index in [1.807, 2.05) is 0 Å². The number of aliphatic hydroxyl groups excluding tert-OH is 4. The van der Waals surface area contributed by atoms with Gasteiger partial charge in [0.05, 0.1) is 23.7 Å². The van der Waals surface area contributed by atoms with Gasteiger partial charge in [-0.05, 0) is 78.8 Å². The average molecular weight is 593 g/mol. The van der Waals surface area contributed by atoms with E-state index < -0.39 is 71.4 Å². The maximum absolute atomic E-state index is 12.8. The van der Waals surface area contributed by atoms with Gasteiger partial charge in [-0.25, -0.2) is 0 Å². The van der Waals surface area contributed by atoms with Crippen LogP contribution in [0, 0.1) is 40.4 Å². The molecule has 0 unspecified atom stereocenters. The Labute approximate surface area is 250 Å². The Morgan fingerprint density at radius 3 is 2.21 bits per heavy atom. The number of ether oxygens (including phenoxy) is 2. The Morgan fingerprint density at radius 1 is 1.00 bits per heavy atom. The molecule has 0 aromatic heterocycles. The third-order valence-corrected chi connectivity index (χ3v) is 11.7. The molecule has 3 saturated carbocycles. The third-order valence-electron chi connectivity index (χ3n) is 11.7. The lowest BCUT2D eigenvalue weighted by molar-refractivity contribution is -0.314. The first-order chi connectivity index (χ1) is 19.5. The Morgan fingerprint density at radius 2 is 1.64 bits per heavy atom. The molecule has 238 valence electrons. The predicted octanol–water partition coefficient (Wildman–Crippen LogP) is 3.06. The maximum Gasteiger partial charge on any atom is 0.303 e. The summed E-state index contributed by atoms with van der Waals surface area (Å²) in [5.74, 6) is -0.213. The van der Waals surface area contributed by atoms with Crippen LogP contribution in [0.5, 0.6) is 0 Å². The normalized spacial score (nSPS) is 44.5. The lowest BCUT2D eigenvalue weighted by atomic mass is 9.41. The van der Waals surface area contributed by atoms with Gasteiger partial charge in [0.1, 0.15) is 18.3 Å². The highest BCUT2D eigenvalue weighted by Gasteiger charge is 2.79. The zero-order valence-corrected chi connectivity index (χ0v) is 26.2. The molecular weight excluding hydrogens is 540 g/mol. The number of carbonyl (C=O) groups is 2. The quantitative estimate of drug-likeness (QED) is 0.211. The molecule has 5 N–H and O–H groups in total. The first kappa shape index (κ1) is 33.1. The van der Waals surface area contributed by atoms with Gasteiger partial charge in [-0.15, -0.1) is 0 Å². The number of carbonyl (C=O) groups excluding carboxylic acids is 2. The molecule has 0 spiro atoms. The summed E-state index contributed by atoms with van der Waals surface area (Å²) in [6.45, 7) is 12.9. The van der Waals surface area contributed by atoms with E-state index >= 15 is 0 Å². The first-order valence-electron chi connectivity index (χ1n) is 15.7. The van der Waals surface area contributed by atoms with Crippen LogP contribution < -0.4 is 0 Å². The highest BCUT2D eigenvalue weighted by molar-refractivity contribution is 5.69. The number of fused-ring (bicyclic) bond motifs is 5. The van der Waals surface area contributed by atoms with E-state index in [1.165, 1.54) is 19.9 Å². The molecule has 4 aliphatic carbocycles. The number of esters is 2. The summed E-state index contributed by atoms with van der Waals surface area (Å²) >= 11 is 0. The number of rotatable bonds is 8. The molecule has 0 saturated heterocycles. The molecule has 0 aliphatic heterocycles. The lowest BCUT2D eigenvalue weighted by Gasteiger charge is -2.68. The topological polar surface area (TPSA) is 154 Å². The minimum atomic E-state index is -2.17. The van der Waals surface area contributed by atoms with Crippen LogP contribution in [0.15, 0.2) is 23.8 Å². The minimum absolute atomic E-state index is 0.190. The second-order valence-corrected chi connectivity index (χ2v) is 14.2. The average Bonchev–Trinajstić information content (AvgIpc) is 3.22. The fourth-order valence-corrected chi connectivity index (χ4v) is 9.53. The van der Waals surface area contributed by atoms with Crippen molar-refractivity contribution in [1.82, 2.24) is 0 Å². The van der Waals surface area contributed by atoms with Gasteiger partial charge in [-0.2, -0.15) is 0 Å². The van der Waals surface area contributed by atoms with Gasteiger partial charge < -0.3 is 35.0 Å². The molecule has 4 rings (SSSR count). The Kier molecular flexibility index (Phi) is 9.16. The van der Waals surface area contributed by atoms with Crippen LogP contribution in [0.25, 0.3) is 0 Å². The molecule has 9 nitrogen and oxygen atoms in total. The van der Waals surface area contributed by atoms with Crippen molar-refractivity contribution < 1.29 is 44.6 Å². The van der Waals surface area contributed by atoms with E-state index in [4.69, 9.17) is 9.47 Å². The van der Waals surface area contributed by atoms with Crippen LogP contribution in [0.1, 0.15) is 87.0 Å². The maximum atomic E-state index is 12.8. The number of hydrogen-bond donors (Lipinski definition) is 5. The summed E-state index contributed by atoms with van der Waals surface area (Å²) in [6.07, 6.45) is 2.47. The third kappa shape index (κ3) is 4.87. The summed E-state index contributed by atoms with van der Waals surface area (Å²) in [4.78, 5) is 24.9. The number of hydrogen-bond acceptors (Lipinski definition) is 9. The summed E-state index contributed by atoms with van der Waals surface area (Å²) in [6, 6.07) is 0. The Balaban J connectivity index is 1.87. The van der Waals surface area contributed by atoms with Gasteiger partial charge in [0.15, 0.2) is 5.60 Å². The zero-order valence-electron chi connectivity index (χ0n) is 26.2. The fraction of sp³-hybridized carbons (Fsp3) is 0.818. The second-order valence-electron chi connectivity index (χ2n) is 14.2. The molecular formula is C33H52O9. The van der Waals surface area contributed by atoms with Crippen LogP contribution >= 0.6 is 0 Å².